The largest absolute Gasteiger partial charge is 0.350 e. The highest BCUT2D eigenvalue weighted by Gasteiger charge is 2.39. The van der Waals surface area contributed by atoms with Crippen LogP contribution < -0.4 is 11.1 Å². The molecule has 2 rings (SSSR count). The minimum absolute atomic E-state index is 0.0263. The van der Waals surface area contributed by atoms with Crippen molar-refractivity contribution in [3.63, 3.8) is 0 Å². The summed E-state index contributed by atoms with van der Waals surface area (Å²) in [4.78, 5) is 16.9. The highest BCUT2D eigenvalue weighted by molar-refractivity contribution is 7.09. The van der Waals surface area contributed by atoms with Crippen LogP contribution in [0.3, 0.4) is 0 Å². The molecule has 1 fully saturated rings. The first-order valence-corrected chi connectivity index (χ1v) is 5.96. The fourth-order valence-corrected chi connectivity index (χ4v) is 2.33. The summed E-state index contributed by atoms with van der Waals surface area (Å²) >= 11 is 1.56. The second-order valence-electron chi connectivity index (χ2n) is 4.05. The second kappa shape index (κ2) is 3.90. The van der Waals surface area contributed by atoms with Crippen molar-refractivity contribution in [3.05, 3.63) is 16.1 Å². The van der Waals surface area contributed by atoms with Crippen molar-refractivity contribution >= 4 is 17.2 Å². The molecule has 0 atom stereocenters. The number of aromatic nitrogens is 1. The van der Waals surface area contributed by atoms with Gasteiger partial charge in [-0.1, -0.05) is 0 Å². The van der Waals surface area contributed by atoms with Crippen LogP contribution in [-0.2, 0) is 11.3 Å². The summed E-state index contributed by atoms with van der Waals surface area (Å²) in [6, 6.07) is 0. The third kappa shape index (κ3) is 2.03. The number of nitrogens with one attached hydrogen (secondary N) is 1. The van der Waals surface area contributed by atoms with Crippen LogP contribution in [0.15, 0.2) is 5.51 Å². The van der Waals surface area contributed by atoms with Gasteiger partial charge in [0.25, 0.3) is 0 Å². The van der Waals surface area contributed by atoms with Gasteiger partial charge in [-0.25, -0.2) is 4.98 Å². The van der Waals surface area contributed by atoms with E-state index in [0.29, 0.717) is 6.54 Å². The van der Waals surface area contributed by atoms with Gasteiger partial charge in [-0.05, 0) is 26.2 Å². The Morgan fingerprint density at radius 2 is 2.47 bits per heavy atom. The fourth-order valence-electron chi connectivity index (χ4n) is 1.62. The third-order valence-corrected chi connectivity index (χ3v) is 3.89. The lowest BCUT2D eigenvalue weighted by Gasteiger charge is -2.36. The molecule has 0 aliphatic heterocycles. The van der Waals surface area contributed by atoms with E-state index >= 15 is 0 Å². The van der Waals surface area contributed by atoms with E-state index < -0.39 is 5.54 Å². The zero-order chi connectivity index (χ0) is 10.9. The van der Waals surface area contributed by atoms with Gasteiger partial charge in [-0.3, -0.25) is 4.79 Å². The number of carbonyl (C=O) groups is 1. The summed E-state index contributed by atoms with van der Waals surface area (Å²) in [5, 5.41) is 2.87. The Morgan fingerprint density at radius 3 is 2.93 bits per heavy atom. The van der Waals surface area contributed by atoms with E-state index in [1.807, 2.05) is 6.92 Å². The summed E-state index contributed by atoms with van der Waals surface area (Å²) in [7, 11) is 0. The van der Waals surface area contributed by atoms with Gasteiger partial charge >= 0.3 is 0 Å². The summed E-state index contributed by atoms with van der Waals surface area (Å²) in [6.07, 6.45) is 2.67. The van der Waals surface area contributed by atoms with Crippen molar-refractivity contribution in [3.8, 4) is 0 Å². The average molecular weight is 225 g/mol. The molecule has 1 saturated carbocycles. The maximum atomic E-state index is 11.7. The van der Waals surface area contributed by atoms with Gasteiger partial charge < -0.3 is 11.1 Å². The molecule has 0 radical (unpaired) electrons. The number of aryl methyl sites for hydroxylation is 1. The Hall–Kier alpha value is -0.940. The Morgan fingerprint density at radius 1 is 1.73 bits per heavy atom. The van der Waals surface area contributed by atoms with Crippen LogP contribution in [0.5, 0.6) is 0 Å². The number of carbonyl (C=O) groups excluding carboxylic acids is 1. The fraction of sp³-hybridized carbons (Fsp3) is 0.600. The lowest BCUT2D eigenvalue weighted by molar-refractivity contribution is -0.129. The van der Waals surface area contributed by atoms with Gasteiger partial charge in [-0.2, -0.15) is 0 Å². The molecule has 0 unspecified atom stereocenters. The zero-order valence-corrected chi connectivity index (χ0v) is 9.56. The van der Waals surface area contributed by atoms with Gasteiger partial charge in [0, 0.05) is 4.88 Å². The van der Waals surface area contributed by atoms with Crippen LogP contribution in [0, 0.1) is 6.92 Å². The molecule has 4 nitrogen and oxygen atoms in total. The molecule has 0 bridgehead atoms. The number of nitrogens with two attached hydrogens (primary N) is 1. The Kier molecular flexibility index (Phi) is 2.75. The molecule has 82 valence electrons. The first-order chi connectivity index (χ1) is 7.12. The second-order valence-corrected chi connectivity index (χ2v) is 4.99. The van der Waals surface area contributed by atoms with Gasteiger partial charge in [0.1, 0.15) is 0 Å². The summed E-state index contributed by atoms with van der Waals surface area (Å²) in [6.45, 7) is 2.49. The number of hydrogen-bond donors (Lipinski definition) is 2. The van der Waals surface area contributed by atoms with E-state index in [-0.39, 0.29) is 5.91 Å². The lowest BCUT2D eigenvalue weighted by Crippen LogP contribution is -2.58. The van der Waals surface area contributed by atoms with Gasteiger partial charge in [0.2, 0.25) is 5.91 Å². The van der Waals surface area contributed by atoms with Crippen molar-refractivity contribution in [2.45, 2.75) is 38.3 Å². The van der Waals surface area contributed by atoms with Gasteiger partial charge in [0.15, 0.2) is 0 Å². The molecule has 0 spiro atoms. The summed E-state index contributed by atoms with van der Waals surface area (Å²) < 4.78 is 0. The molecule has 1 aliphatic rings. The minimum Gasteiger partial charge on any atom is -0.350 e. The van der Waals surface area contributed by atoms with Gasteiger partial charge in [-0.15, -0.1) is 11.3 Å². The molecule has 15 heavy (non-hydrogen) atoms. The normalized spacial score (nSPS) is 18.3. The molecule has 0 aromatic carbocycles. The first kappa shape index (κ1) is 10.6. The summed E-state index contributed by atoms with van der Waals surface area (Å²) in [5.41, 5.74) is 8.08. The molecule has 1 amide bonds. The van der Waals surface area contributed by atoms with Crippen molar-refractivity contribution in [1.82, 2.24) is 10.3 Å². The van der Waals surface area contributed by atoms with E-state index in [1.54, 1.807) is 16.8 Å². The van der Waals surface area contributed by atoms with Crippen LogP contribution in [0.1, 0.15) is 29.8 Å². The van der Waals surface area contributed by atoms with Crippen molar-refractivity contribution in [2.75, 3.05) is 0 Å². The maximum Gasteiger partial charge on any atom is 0.240 e. The third-order valence-electron chi connectivity index (χ3n) is 2.95. The van der Waals surface area contributed by atoms with Crippen LogP contribution in [0.4, 0.5) is 0 Å². The Labute approximate surface area is 92.9 Å². The lowest BCUT2D eigenvalue weighted by atomic mass is 9.77. The highest BCUT2D eigenvalue weighted by atomic mass is 32.1. The monoisotopic (exact) mass is 225 g/mol. The van der Waals surface area contributed by atoms with E-state index in [0.717, 1.165) is 29.8 Å². The predicted octanol–water partition coefficient (Wildman–Crippen LogP) is 0.949. The Balaban J connectivity index is 1.88. The van der Waals surface area contributed by atoms with E-state index in [2.05, 4.69) is 10.3 Å². The Bertz CT molecular complexity index is 370. The van der Waals surface area contributed by atoms with Crippen LogP contribution in [0.25, 0.3) is 0 Å². The number of rotatable bonds is 3. The van der Waals surface area contributed by atoms with E-state index in [9.17, 15) is 4.79 Å². The predicted molar refractivity (Wildman–Crippen MR) is 59.5 cm³/mol. The molecule has 1 aromatic rings. The molecule has 5 heteroatoms. The van der Waals surface area contributed by atoms with Crippen molar-refractivity contribution < 1.29 is 4.79 Å². The maximum absolute atomic E-state index is 11.7. The molecule has 1 aliphatic carbocycles. The molecule has 1 heterocycles. The van der Waals surface area contributed by atoms with Crippen molar-refractivity contribution in [2.24, 2.45) is 5.73 Å². The van der Waals surface area contributed by atoms with Crippen LogP contribution >= 0.6 is 11.3 Å². The topological polar surface area (TPSA) is 68.0 Å². The SMILES string of the molecule is Cc1ncsc1CNC(=O)C1(N)CCC1. The average Bonchev–Trinajstić information content (AvgIpc) is 2.56. The van der Waals surface area contributed by atoms with E-state index in [1.165, 1.54) is 0 Å². The minimum atomic E-state index is -0.599. The quantitative estimate of drug-likeness (QED) is 0.804. The molecular formula is C10H15N3OS. The first-order valence-electron chi connectivity index (χ1n) is 5.08. The van der Waals surface area contributed by atoms with Crippen LogP contribution in [-0.4, -0.2) is 16.4 Å². The summed E-state index contributed by atoms with van der Waals surface area (Å²) in [5.74, 6) is -0.0263. The molecule has 1 aromatic heterocycles. The zero-order valence-electron chi connectivity index (χ0n) is 8.75. The van der Waals surface area contributed by atoms with Crippen LogP contribution in [0.2, 0.25) is 0 Å². The number of thiazole rings is 1. The smallest absolute Gasteiger partial charge is 0.240 e. The number of hydrogen-bond acceptors (Lipinski definition) is 4. The number of nitrogens with zero attached hydrogens (tertiary/aromatic N) is 1. The van der Waals surface area contributed by atoms with Crippen molar-refractivity contribution in [1.29, 1.82) is 0 Å². The molecular weight excluding hydrogens is 210 g/mol. The standard InChI is InChI=1S/C10H15N3OS/c1-7-8(15-6-13-7)5-12-9(14)10(11)3-2-4-10/h6H,2-5,11H2,1H3,(H,12,14). The molecule has 0 saturated heterocycles. The van der Waals surface area contributed by atoms with E-state index in [4.69, 9.17) is 5.73 Å². The number of amides is 1. The van der Waals surface area contributed by atoms with Gasteiger partial charge in [0.05, 0.1) is 23.3 Å². The highest BCUT2D eigenvalue weighted by Crippen LogP contribution is 2.29. The molecule has 3 N–H and O–H groups in total.